The third-order valence-electron chi connectivity index (χ3n) is 5.23. The number of pyridine rings is 1. The fourth-order valence-electron chi connectivity index (χ4n) is 3.47. The van der Waals surface area contributed by atoms with Gasteiger partial charge in [0.1, 0.15) is 11.6 Å². The molecule has 0 aromatic carbocycles. The zero-order valence-corrected chi connectivity index (χ0v) is 17.6. The molecule has 0 aliphatic rings. The molecule has 1 unspecified atom stereocenters. The molecule has 28 heavy (non-hydrogen) atoms. The summed E-state index contributed by atoms with van der Waals surface area (Å²) in [6.07, 6.45) is 24.8. The maximum Gasteiger partial charge on any atom is 0.224 e. The molecule has 0 saturated heterocycles. The van der Waals surface area contributed by atoms with E-state index in [0.29, 0.717) is 23.4 Å². The van der Waals surface area contributed by atoms with E-state index >= 15 is 0 Å². The molecule has 0 bridgehead atoms. The van der Waals surface area contributed by atoms with Gasteiger partial charge in [0.25, 0.3) is 0 Å². The average molecular weight is 387 g/mol. The minimum absolute atomic E-state index is 0.415. The number of fused-ring (bicyclic) bond motifs is 1. The number of unbranched alkanes of at least 4 members (excludes halogenated alkanes) is 11. The highest BCUT2D eigenvalue weighted by Crippen LogP contribution is 2.23. The number of aliphatic hydroxyl groups is 1. The van der Waals surface area contributed by atoms with E-state index < -0.39 is 6.10 Å². The number of rotatable bonds is 16. The Morgan fingerprint density at radius 2 is 1.57 bits per heavy atom. The Balaban J connectivity index is 1.41. The average Bonchev–Trinajstić information content (AvgIpc) is 3.15. The normalized spacial score (nSPS) is 12.9. The fraction of sp³-hybridized carbons (Fsp3) is 0.667. The first-order chi connectivity index (χ1) is 13.8. The summed E-state index contributed by atoms with van der Waals surface area (Å²) in [6.45, 7) is 2.27. The molecular weight excluding hydrogens is 348 g/mol. The quantitative estimate of drug-likeness (QED) is 0.243. The number of aliphatic hydroxyl groups excluding tert-OH is 1. The SMILES string of the molecule is CCCCCCCC/C=C\CCCCCCCC(O)c1nc2cnccc2o1. The molecule has 1 N–H and O–H groups in total. The van der Waals surface area contributed by atoms with Crippen molar-refractivity contribution in [1.29, 1.82) is 0 Å². The van der Waals surface area contributed by atoms with E-state index in [1.54, 1.807) is 18.5 Å². The first-order valence-corrected chi connectivity index (χ1v) is 11.3. The number of oxazole rings is 1. The highest BCUT2D eigenvalue weighted by Gasteiger charge is 2.14. The van der Waals surface area contributed by atoms with Gasteiger partial charge in [-0.05, 0) is 32.1 Å². The van der Waals surface area contributed by atoms with E-state index in [2.05, 4.69) is 29.0 Å². The van der Waals surface area contributed by atoms with Crippen LogP contribution >= 0.6 is 0 Å². The molecule has 0 fully saturated rings. The molecule has 2 rings (SSSR count). The summed E-state index contributed by atoms with van der Waals surface area (Å²) in [4.78, 5) is 8.34. The monoisotopic (exact) mass is 386 g/mol. The smallest absolute Gasteiger partial charge is 0.224 e. The number of nitrogens with zero attached hydrogens (tertiary/aromatic N) is 2. The minimum Gasteiger partial charge on any atom is -0.438 e. The summed E-state index contributed by atoms with van der Waals surface area (Å²) in [5.74, 6) is 0.415. The van der Waals surface area contributed by atoms with Gasteiger partial charge in [0.05, 0.1) is 6.20 Å². The number of hydrogen-bond donors (Lipinski definition) is 1. The Hall–Kier alpha value is -1.68. The Kier molecular flexibility index (Phi) is 11.6. The van der Waals surface area contributed by atoms with Crippen LogP contribution in [0.2, 0.25) is 0 Å². The van der Waals surface area contributed by atoms with Gasteiger partial charge in [0, 0.05) is 12.3 Å². The molecular formula is C24H38N2O2. The van der Waals surface area contributed by atoms with Gasteiger partial charge in [-0.25, -0.2) is 4.98 Å². The highest BCUT2D eigenvalue weighted by molar-refractivity contribution is 5.70. The van der Waals surface area contributed by atoms with Gasteiger partial charge in [-0.1, -0.05) is 76.9 Å². The molecule has 0 radical (unpaired) electrons. The molecule has 2 aromatic heterocycles. The van der Waals surface area contributed by atoms with Crippen LogP contribution in [0.5, 0.6) is 0 Å². The predicted molar refractivity (Wildman–Crippen MR) is 116 cm³/mol. The topological polar surface area (TPSA) is 59.2 Å². The second kappa shape index (κ2) is 14.3. The Labute approximate surface area is 170 Å². The van der Waals surface area contributed by atoms with Crippen molar-refractivity contribution in [2.45, 2.75) is 103 Å². The summed E-state index contributed by atoms with van der Waals surface area (Å²) in [6, 6.07) is 1.78. The van der Waals surface area contributed by atoms with Gasteiger partial charge in [-0.15, -0.1) is 0 Å². The van der Waals surface area contributed by atoms with Crippen LogP contribution in [-0.4, -0.2) is 15.1 Å². The summed E-state index contributed by atoms with van der Waals surface area (Å²) in [7, 11) is 0. The summed E-state index contributed by atoms with van der Waals surface area (Å²) in [5.41, 5.74) is 1.40. The van der Waals surface area contributed by atoms with Crippen molar-refractivity contribution in [3.8, 4) is 0 Å². The zero-order valence-electron chi connectivity index (χ0n) is 17.6. The number of aromatic nitrogens is 2. The Morgan fingerprint density at radius 3 is 2.25 bits per heavy atom. The molecule has 4 nitrogen and oxygen atoms in total. The fourth-order valence-corrected chi connectivity index (χ4v) is 3.47. The first-order valence-electron chi connectivity index (χ1n) is 11.3. The molecule has 0 spiro atoms. The van der Waals surface area contributed by atoms with Crippen LogP contribution in [0.1, 0.15) is 109 Å². The lowest BCUT2D eigenvalue weighted by atomic mass is 10.1. The van der Waals surface area contributed by atoms with Gasteiger partial charge in [-0.2, -0.15) is 0 Å². The lowest BCUT2D eigenvalue weighted by molar-refractivity contribution is 0.133. The van der Waals surface area contributed by atoms with Crippen LogP contribution in [0.4, 0.5) is 0 Å². The van der Waals surface area contributed by atoms with Gasteiger partial charge in [0.2, 0.25) is 5.89 Å². The second-order valence-corrected chi connectivity index (χ2v) is 7.78. The second-order valence-electron chi connectivity index (χ2n) is 7.78. The van der Waals surface area contributed by atoms with Crippen molar-refractivity contribution in [1.82, 2.24) is 9.97 Å². The maximum atomic E-state index is 10.2. The minimum atomic E-state index is -0.614. The van der Waals surface area contributed by atoms with Crippen molar-refractivity contribution in [3.05, 3.63) is 36.5 Å². The molecule has 2 aromatic rings. The van der Waals surface area contributed by atoms with Crippen molar-refractivity contribution < 1.29 is 9.52 Å². The Bertz CT molecular complexity index is 632. The highest BCUT2D eigenvalue weighted by atomic mass is 16.4. The molecule has 1 atom stereocenters. The standard InChI is InChI=1S/C24H38N2O2/c1-2-3-4-5-6-7-8-9-10-11-12-13-14-15-16-17-22(27)24-26-21-20-25-19-18-23(21)28-24/h9-10,18-20,22,27H,2-8,11-17H2,1H3/b10-9-. The molecule has 0 amide bonds. The van der Waals surface area contributed by atoms with Gasteiger partial charge < -0.3 is 9.52 Å². The van der Waals surface area contributed by atoms with Crippen LogP contribution in [-0.2, 0) is 0 Å². The van der Waals surface area contributed by atoms with Crippen LogP contribution in [0.25, 0.3) is 11.1 Å². The molecule has 0 aliphatic carbocycles. The van der Waals surface area contributed by atoms with Crippen LogP contribution in [0, 0.1) is 0 Å². The summed E-state index contributed by atoms with van der Waals surface area (Å²) in [5, 5.41) is 10.2. The third kappa shape index (κ3) is 9.01. The summed E-state index contributed by atoms with van der Waals surface area (Å²) < 4.78 is 5.60. The lowest BCUT2D eigenvalue weighted by Gasteiger charge is -2.06. The van der Waals surface area contributed by atoms with Gasteiger partial charge in [-0.3, -0.25) is 4.98 Å². The van der Waals surface area contributed by atoms with E-state index in [-0.39, 0.29) is 0 Å². The van der Waals surface area contributed by atoms with Gasteiger partial charge >= 0.3 is 0 Å². The van der Waals surface area contributed by atoms with Crippen molar-refractivity contribution in [2.75, 3.05) is 0 Å². The zero-order chi connectivity index (χ0) is 19.9. The largest absolute Gasteiger partial charge is 0.438 e. The molecule has 156 valence electrons. The van der Waals surface area contributed by atoms with Crippen molar-refractivity contribution in [2.24, 2.45) is 0 Å². The van der Waals surface area contributed by atoms with E-state index in [1.165, 1.54) is 70.6 Å². The first kappa shape index (κ1) is 22.6. The maximum absolute atomic E-state index is 10.2. The van der Waals surface area contributed by atoms with Crippen molar-refractivity contribution >= 4 is 11.1 Å². The molecule has 2 heterocycles. The Morgan fingerprint density at radius 1 is 0.929 bits per heavy atom. The van der Waals surface area contributed by atoms with Crippen LogP contribution in [0.3, 0.4) is 0 Å². The lowest BCUT2D eigenvalue weighted by Crippen LogP contribution is -1.97. The third-order valence-corrected chi connectivity index (χ3v) is 5.23. The van der Waals surface area contributed by atoms with Gasteiger partial charge in [0.15, 0.2) is 5.58 Å². The molecule has 4 heteroatoms. The van der Waals surface area contributed by atoms with E-state index in [4.69, 9.17) is 4.42 Å². The number of allylic oxidation sites excluding steroid dienone is 2. The van der Waals surface area contributed by atoms with Crippen LogP contribution < -0.4 is 0 Å². The molecule has 0 aliphatic heterocycles. The summed E-state index contributed by atoms with van der Waals surface area (Å²) >= 11 is 0. The van der Waals surface area contributed by atoms with E-state index in [9.17, 15) is 5.11 Å². The predicted octanol–water partition coefficient (Wildman–Crippen LogP) is 7.29. The molecule has 0 saturated carbocycles. The number of hydrogen-bond acceptors (Lipinski definition) is 4. The van der Waals surface area contributed by atoms with E-state index in [1.807, 2.05) is 0 Å². The van der Waals surface area contributed by atoms with E-state index in [0.717, 1.165) is 12.8 Å². The van der Waals surface area contributed by atoms with Crippen LogP contribution in [0.15, 0.2) is 35.0 Å². The van der Waals surface area contributed by atoms with Crippen molar-refractivity contribution in [3.63, 3.8) is 0 Å².